The molecule has 1 aromatic heterocycles. The Balaban J connectivity index is 1.84. The minimum atomic E-state index is 0.685. The van der Waals surface area contributed by atoms with Crippen LogP contribution in [-0.4, -0.2) is 35.9 Å². The summed E-state index contributed by atoms with van der Waals surface area (Å²) in [7, 11) is 0. The molecule has 0 aromatic carbocycles. The highest BCUT2D eigenvalue weighted by molar-refractivity contribution is 5.37. The molecule has 0 bridgehead atoms. The predicted octanol–water partition coefficient (Wildman–Crippen LogP) is 1.75. The van der Waals surface area contributed by atoms with Gasteiger partial charge >= 0.3 is 0 Å². The maximum atomic E-state index is 4.24. The lowest BCUT2D eigenvalue weighted by Crippen LogP contribution is -2.43. The van der Waals surface area contributed by atoms with Crippen molar-refractivity contribution in [3.05, 3.63) is 17.8 Å². The highest BCUT2D eigenvalue weighted by atomic mass is 15.3. The fraction of sp³-hybridized carbons (Fsp3) is 0.692. The van der Waals surface area contributed by atoms with E-state index >= 15 is 0 Å². The number of aromatic nitrogens is 2. The first-order valence-electron chi connectivity index (χ1n) is 6.58. The second kappa shape index (κ2) is 5.96. The van der Waals surface area contributed by atoms with E-state index in [1.807, 2.05) is 13.0 Å². The zero-order valence-corrected chi connectivity index (χ0v) is 10.8. The van der Waals surface area contributed by atoms with Gasteiger partial charge in [0.2, 0.25) is 0 Å². The average Bonchev–Trinajstić information content (AvgIpc) is 2.38. The SMILES string of the molecule is CCCNC1CCN(c2ccc(C)nn2)CC1. The van der Waals surface area contributed by atoms with E-state index in [1.54, 1.807) is 0 Å². The summed E-state index contributed by atoms with van der Waals surface area (Å²) in [6.07, 6.45) is 3.62. The molecular formula is C13H22N4. The molecule has 2 rings (SSSR count). The standard InChI is InChI=1S/C13H22N4/c1-3-8-14-12-6-9-17(10-7-12)13-5-4-11(2)15-16-13/h4-5,12,14H,3,6-10H2,1-2H3. The van der Waals surface area contributed by atoms with Gasteiger partial charge in [0, 0.05) is 19.1 Å². The van der Waals surface area contributed by atoms with Crippen molar-refractivity contribution in [1.29, 1.82) is 0 Å². The van der Waals surface area contributed by atoms with Gasteiger partial charge in [-0.1, -0.05) is 6.92 Å². The van der Waals surface area contributed by atoms with Crippen molar-refractivity contribution < 1.29 is 0 Å². The number of nitrogens with zero attached hydrogens (tertiary/aromatic N) is 3. The van der Waals surface area contributed by atoms with Crippen LogP contribution in [0.5, 0.6) is 0 Å². The lowest BCUT2D eigenvalue weighted by Gasteiger charge is -2.32. The number of hydrogen-bond donors (Lipinski definition) is 1. The Morgan fingerprint density at radius 3 is 2.65 bits per heavy atom. The Labute approximate surface area is 103 Å². The molecule has 1 aliphatic heterocycles. The van der Waals surface area contributed by atoms with Crippen molar-refractivity contribution in [3.63, 3.8) is 0 Å². The first-order chi connectivity index (χ1) is 8.29. The van der Waals surface area contributed by atoms with Gasteiger partial charge in [0.1, 0.15) is 0 Å². The van der Waals surface area contributed by atoms with E-state index < -0.39 is 0 Å². The average molecular weight is 234 g/mol. The first kappa shape index (κ1) is 12.3. The second-order valence-corrected chi connectivity index (χ2v) is 4.75. The molecule has 17 heavy (non-hydrogen) atoms. The Bertz CT molecular complexity index is 328. The van der Waals surface area contributed by atoms with E-state index in [4.69, 9.17) is 0 Å². The lowest BCUT2D eigenvalue weighted by atomic mass is 10.1. The number of rotatable bonds is 4. The van der Waals surface area contributed by atoms with Crippen molar-refractivity contribution in [2.24, 2.45) is 0 Å². The number of nitrogens with one attached hydrogen (secondary N) is 1. The Morgan fingerprint density at radius 1 is 1.29 bits per heavy atom. The van der Waals surface area contributed by atoms with Crippen LogP contribution in [0.25, 0.3) is 0 Å². The minimum Gasteiger partial charge on any atom is -0.355 e. The van der Waals surface area contributed by atoms with E-state index in [9.17, 15) is 0 Å². The van der Waals surface area contributed by atoms with Gasteiger partial charge in [-0.25, -0.2) is 0 Å². The number of piperidine rings is 1. The minimum absolute atomic E-state index is 0.685. The highest BCUT2D eigenvalue weighted by Gasteiger charge is 2.19. The van der Waals surface area contributed by atoms with Crippen LogP contribution in [0.4, 0.5) is 5.82 Å². The van der Waals surface area contributed by atoms with Crippen molar-refractivity contribution in [2.75, 3.05) is 24.5 Å². The lowest BCUT2D eigenvalue weighted by molar-refractivity contribution is 0.414. The summed E-state index contributed by atoms with van der Waals surface area (Å²) in [6, 6.07) is 4.79. The van der Waals surface area contributed by atoms with E-state index in [2.05, 4.69) is 33.4 Å². The topological polar surface area (TPSA) is 41.0 Å². The molecule has 0 unspecified atom stereocenters. The molecule has 2 heterocycles. The van der Waals surface area contributed by atoms with Crippen LogP contribution in [0.1, 0.15) is 31.9 Å². The fourth-order valence-corrected chi connectivity index (χ4v) is 2.22. The summed E-state index contributed by atoms with van der Waals surface area (Å²) in [6.45, 7) is 7.48. The molecular weight excluding hydrogens is 212 g/mol. The van der Waals surface area contributed by atoms with E-state index in [-0.39, 0.29) is 0 Å². The molecule has 0 amide bonds. The molecule has 0 radical (unpaired) electrons. The van der Waals surface area contributed by atoms with Crippen LogP contribution in [0.2, 0.25) is 0 Å². The number of anilines is 1. The van der Waals surface area contributed by atoms with Crippen LogP contribution in [-0.2, 0) is 0 Å². The van der Waals surface area contributed by atoms with Crippen molar-refractivity contribution in [1.82, 2.24) is 15.5 Å². The van der Waals surface area contributed by atoms with Crippen molar-refractivity contribution >= 4 is 5.82 Å². The van der Waals surface area contributed by atoms with Gasteiger partial charge in [0.05, 0.1) is 5.69 Å². The van der Waals surface area contributed by atoms with Crippen molar-refractivity contribution in [2.45, 2.75) is 39.2 Å². The third-order valence-electron chi connectivity index (χ3n) is 3.29. The maximum absolute atomic E-state index is 4.24. The molecule has 1 N–H and O–H groups in total. The molecule has 94 valence electrons. The summed E-state index contributed by atoms with van der Waals surface area (Å²) < 4.78 is 0. The molecule has 0 spiro atoms. The normalized spacial score (nSPS) is 17.4. The Hall–Kier alpha value is -1.16. The maximum Gasteiger partial charge on any atom is 0.151 e. The van der Waals surface area contributed by atoms with Gasteiger partial charge in [0.15, 0.2) is 5.82 Å². The molecule has 4 nitrogen and oxygen atoms in total. The van der Waals surface area contributed by atoms with Gasteiger partial charge < -0.3 is 10.2 Å². The van der Waals surface area contributed by atoms with Crippen LogP contribution in [0.15, 0.2) is 12.1 Å². The summed E-state index contributed by atoms with van der Waals surface area (Å²) >= 11 is 0. The second-order valence-electron chi connectivity index (χ2n) is 4.75. The third kappa shape index (κ3) is 3.40. The Morgan fingerprint density at radius 2 is 2.06 bits per heavy atom. The molecule has 1 fully saturated rings. The van der Waals surface area contributed by atoms with Gasteiger partial charge in [-0.05, 0) is 44.9 Å². The smallest absolute Gasteiger partial charge is 0.151 e. The molecule has 4 heteroatoms. The van der Waals surface area contributed by atoms with Gasteiger partial charge in [-0.2, -0.15) is 5.10 Å². The van der Waals surface area contributed by atoms with Gasteiger partial charge in [-0.15, -0.1) is 5.10 Å². The zero-order chi connectivity index (χ0) is 12.1. The molecule has 0 aliphatic carbocycles. The van der Waals surface area contributed by atoms with Gasteiger partial charge in [0.25, 0.3) is 0 Å². The molecule has 1 saturated heterocycles. The van der Waals surface area contributed by atoms with E-state index in [0.29, 0.717) is 6.04 Å². The van der Waals surface area contributed by atoms with E-state index in [1.165, 1.54) is 19.3 Å². The quantitative estimate of drug-likeness (QED) is 0.862. The summed E-state index contributed by atoms with van der Waals surface area (Å²) in [5.41, 5.74) is 0.980. The summed E-state index contributed by atoms with van der Waals surface area (Å²) in [4.78, 5) is 2.33. The largest absolute Gasteiger partial charge is 0.355 e. The van der Waals surface area contributed by atoms with Crippen LogP contribution < -0.4 is 10.2 Å². The van der Waals surface area contributed by atoms with Gasteiger partial charge in [-0.3, -0.25) is 0 Å². The fourth-order valence-electron chi connectivity index (χ4n) is 2.22. The van der Waals surface area contributed by atoms with E-state index in [0.717, 1.165) is 31.1 Å². The summed E-state index contributed by atoms with van der Waals surface area (Å²) in [5, 5.41) is 11.9. The number of hydrogen-bond acceptors (Lipinski definition) is 4. The van der Waals surface area contributed by atoms with Crippen LogP contribution in [0, 0.1) is 6.92 Å². The first-order valence-corrected chi connectivity index (χ1v) is 6.58. The van der Waals surface area contributed by atoms with Crippen LogP contribution in [0.3, 0.4) is 0 Å². The predicted molar refractivity (Wildman–Crippen MR) is 70.3 cm³/mol. The zero-order valence-electron chi connectivity index (χ0n) is 10.8. The Kier molecular flexibility index (Phi) is 4.31. The molecule has 0 atom stereocenters. The molecule has 1 aromatic rings. The monoisotopic (exact) mass is 234 g/mol. The van der Waals surface area contributed by atoms with Crippen LogP contribution >= 0.6 is 0 Å². The number of aryl methyl sites for hydroxylation is 1. The highest BCUT2D eigenvalue weighted by Crippen LogP contribution is 2.17. The molecule has 0 saturated carbocycles. The molecule has 1 aliphatic rings. The summed E-state index contributed by atoms with van der Waals surface area (Å²) in [5.74, 6) is 1.02. The van der Waals surface area contributed by atoms with Crippen molar-refractivity contribution in [3.8, 4) is 0 Å². The third-order valence-corrected chi connectivity index (χ3v) is 3.29.